The van der Waals surface area contributed by atoms with Crippen molar-refractivity contribution in [2.45, 2.75) is 177 Å². The first-order valence-electron chi connectivity index (χ1n) is 14.0. The van der Waals surface area contributed by atoms with Gasteiger partial charge in [-0.25, -0.2) is 0 Å². The van der Waals surface area contributed by atoms with Gasteiger partial charge >= 0.3 is 0 Å². The van der Waals surface area contributed by atoms with E-state index in [9.17, 15) is 0 Å². The second-order valence-electron chi connectivity index (χ2n) is 16.8. The minimum Gasteiger partial charge on any atom is -0.370 e. The lowest BCUT2D eigenvalue weighted by atomic mass is 9.70. The van der Waals surface area contributed by atoms with Crippen LogP contribution in [0, 0.1) is 16.2 Å². The van der Waals surface area contributed by atoms with Gasteiger partial charge in [-0.05, 0) is 124 Å². The predicted molar refractivity (Wildman–Crippen MR) is 155 cm³/mol. The van der Waals surface area contributed by atoms with Crippen LogP contribution in [0.5, 0.6) is 0 Å². The number of nitrogens with two attached hydrogens (primary N) is 2. The highest BCUT2D eigenvalue weighted by atomic mass is 16.5. The van der Waals surface area contributed by atoms with Crippen LogP contribution in [-0.4, -0.2) is 34.5 Å². The molecule has 35 heavy (non-hydrogen) atoms. The van der Waals surface area contributed by atoms with Crippen LogP contribution in [0.25, 0.3) is 0 Å². The maximum absolute atomic E-state index is 6.87. The molecular weight excluding hydrogens is 432 g/mol. The molecule has 0 aromatic rings. The Bertz CT molecular complexity index is 653. The van der Waals surface area contributed by atoms with Crippen LogP contribution < -0.4 is 11.5 Å². The highest BCUT2D eigenvalue weighted by molar-refractivity contribution is 4.93. The molecule has 0 amide bonds. The van der Waals surface area contributed by atoms with Crippen LogP contribution in [0.2, 0.25) is 0 Å². The van der Waals surface area contributed by atoms with Gasteiger partial charge in [0.25, 0.3) is 0 Å². The number of hydrogen-bond donors (Lipinski definition) is 2. The summed E-state index contributed by atoms with van der Waals surface area (Å²) in [6, 6.07) is 0. The van der Waals surface area contributed by atoms with Gasteiger partial charge in [0.2, 0.25) is 0 Å². The summed E-state index contributed by atoms with van der Waals surface area (Å²) in [5, 5.41) is 0. The first-order valence-corrected chi connectivity index (χ1v) is 14.0. The van der Waals surface area contributed by atoms with Crippen LogP contribution in [0.1, 0.15) is 149 Å². The van der Waals surface area contributed by atoms with Gasteiger partial charge in [-0.2, -0.15) is 0 Å². The van der Waals surface area contributed by atoms with Crippen molar-refractivity contribution in [3.8, 4) is 0 Å². The predicted octanol–water partition coefficient (Wildman–Crippen LogP) is 8.25. The summed E-state index contributed by atoms with van der Waals surface area (Å²) in [5.74, 6) is 0. The van der Waals surface area contributed by atoms with Crippen molar-refractivity contribution < 1.29 is 9.47 Å². The van der Waals surface area contributed by atoms with Crippen LogP contribution in [0.15, 0.2) is 0 Å². The van der Waals surface area contributed by atoms with Crippen molar-refractivity contribution in [2.24, 2.45) is 27.7 Å². The zero-order valence-corrected chi connectivity index (χ0v) is 26.9. The van der Waals surface area contributed by atoms with Gasteiger partial charge < -0.3 is 20.9 Å². The summed E-state index contributed by atoms with van der Waals surface area (Å²) >= 11 is 0. The van der Waals surface area contributed by atoms with E-state index < -0.39 is 0 Å². The normalized spacial score (nSPS) is 17.0. The third-order valence-electron chi connectivity index (χ3n) is 6.96. The Balaban J connectivity index is 5.38. The van der Waals surface area contributed by atoms with Crippen LogP contribution in [0.3, 0.4) is 0 Å². The maximum atomic E-state index is 6.87. The van der Waals surface area contributed by atoms with Gasteiger partial charge in [0, 0.05) is 5.54 Å². The topological polar surface area (TPSA) is 70.5 Å². The summed E-state index contributed by atoms with van der Waals surface area (Å²) in [4.78, 5) is 0. The van der Waals surface area contributed by atoms with Crippen molar-refractivity contribution in [2.75, 3.05) is 6.54 Å². The Morgan fingerprint density at radius 3 is 1.09 bits per heavy atom. The van der Waals surface area contributed by atoms with Gasteiger partial charge in [0.1, 0.15) is 0 Å². The highest BCUT2D eigenvalue weighted by Crippen LogP contribution is 2.45. The number of rotatable bonds is 16. The first kappa shape index (κ1) is 34.8. The first-order chi connectivity index (χ1) is 15.1. The molecule has 0 spiro atoms. The zero-order chi connectivity index (χ0) is 28.4. The van der Waals surface area contributed by atoms with E-state index in [-0.39, 0.29) is 44.2 Å². The van der Waals surface area contributed by atoms with E-state index in [4.69, 9.17) is 20.9 Å². The van der Waals surface area contributed by atoms with E-state index in [1.165, 1.54) is 0 Å². The van der Waals surface area contributed by atoms with Crippen molar-refractivity contribution >= 4 is 0 Å². The fraction of sp³-hybridized carbons (Fsp3) is 1.00. The Kier molecular flexibility index (Phi) is 11.2. The Morgan fingerprint density at radius 2 is 0.800 bits per heavy atom. The fourth-order valence-electron chi connectivity index (χ4n) is 7.67. The van der Waals surface area contributed by atoms with Crippen molar-refractivity contribution in [1.29, 1.82) is 0 Å². The third kappa shape index (κ3) is 15.0. The van der Waals surface area contributed by atoms with Crippen LogP contribution >= 0.6 is 0 Å². The summed E-state index contributed by atoms with van der Waals surface area (Å²) in [6.07, 6.45) is 5.90. The van der Waals surface area contributed by atoms with E-state index >= 15 is 0 Å². The molecule has 4 nitrogen and oxygen atoms in total. The molecule has 0 saturated heterocycles. The van der Waals surface area contributed by atoms with E-state index in [1.54, 1.807) is 0 Å². The molecule has 0 aliphatic rings. The molecule has 0 aliphatic carbocycles. The molecule has 212 valence electrons. The minimum atomic E-state index is -0.257. The lowest BCUT2D eigenvalue weighted by Crippen LogP contribution is -2.47. The summed E-state index contributed by atoms with van der Waals surface area (Å²) in [6.45, 7) is 36.5. The molecule has 0 bridgehead atoms. The largest absolute Gasteiger partial charge is 0.370 e. The molecule has 0 aliphatic heterocycles. The summed E-state index contributed by atoms with van der Waals surface area (Å²) in [5.41, 5.74) is 11.5. The molecule has 0 rings (SSSR count). The third-order valence-corrected chi connectivity index (χ3v) is 6.96. The summed E-state index contributed by atoms with van der Waals surface area (Å²) < 4.78 is 13.6. The molecule has 1 unspecified atom stereocenters. The minimum absolute atomic E-state index is 0.0514. The van der Waals surface area contributed by atoms with Crippen molar-refractivity contribution in [3.63, 3.8) is 0 Å². The Morgan fingerprint density at radius 1 is 0.486 bits per heavy atom. The van der Waals surface area contributed by atoms with E-state index in [1.807, 2.05) is 0 Å². The maximum Gasteiger partial charge on any atom is 0.0639 e. The number of hydrogen-bond acceptors (Lipinski definition) is 4. The molecule has 0 aromatic carbocycles. The van der Waals surface area contributed by atoms with Gasteiger partial charge in [0.05, 0.1) is 22.4 Å². The van der Waals surface area contributed by atoms with Gasteiger partial charge in [-0.1, -0.05) is 48.0 Å². The van der Waals surface area contributed by atoms with Crippen molar-refractivity contribution in [3.05, 3.63) is 0 Å². The molecule has 4 heteroatoms. The molecule has 0 aromatic heterocycles. The Hall–Kier alpha value is -0.160. The average molecular weight is 499 g/mol. The zero-order valence-electron chi connectivity index (χ0n) is 26.9. The SMILES string of the molecule is CCC(C)(CC(C)(C)N)CC(C)(C)OC(C)(C)CC(C)(C)CC(C)(C)OC(C)(C)CC(C)(C)CN. The van der Waals surface area contributed by atoms with Gasteiger partial charge in [0.15, 0.2) is 0 Å². The molecular formula is C31H66N2O2. The van der Waals surface area contributed by atoms with E-state index in [0.29, 0.717) is 6.54 Å². The average Bonchev–Trinajstić information content (AvgIpc) is 2.45. The smallest absolute Gasteiger partial charge is 0.0639 e. The quantitative estimate of drug-likeness (QED) is 0.225. The second kappa shape index (κ2) is 11.3. The summed E-state index contributed by atoms with van der Waals surface area (Å²) in [7, 11) is 0. The molecule has 1 atom stereocenters. The van der Waals surface area contributed by atoms with Gasteiger partial charge in [-0.3, -0.25) is 0 Å². The fourth-order valence-corrected chi connectivity index (χ4v) is 7.67. The monoisotopic (exact) mass is 499 g/mol. The molecule has 0 radical (unpaired) electrons. The molecule has 0 fully saturated rings. The standard InChI is InChI=1S/C31H66N2O2/c1-17-31(16,21-26(6,7)33)22-30(14,15)35-28(10,11)19-24(2,3)18-27(8,9)34-29(12,13)20-25(4,5)23-32/h17-23,32-33H2,1-16H3. The molecule has 0 heterocycles. The lowest BCUT2D eigenvalue weighted by Gasteiger charge is -2.47. The van der Waals surface area contributed by atoms with Gasteiger partial charge in [-0.15, -0.1) is 0 Å². The van der Waals surface area contributed by atoms with E-state index in [0.717, 1.165) is 38.5 Å². The lowest BCUT2D eigenvalue weighted by molar-refractivity contribution is -0.172. The second-order valence-corrected chi connectivity index (χ2v) is 16.8. The highest BCUT2D eigenvalue weighted by Gasteiger charge is 2.42. The van der Waals surface area contributed by atoms with Crippen molar-refractivity contribution in [1.82, 2.24) is 0 Å². The van der Waals surface area contributed by atoms with Crippen LogP contribution in [-0.2, 0) is 9.47 Å². The van der Waals surface area contributed by atoms with Crippen LogP contribution in [0.4, 0.5) is 0 Å². The molecule has 0 saturated carbocycles. The number of ether oxygens (including phenoxy) is 2. The molecule has 4 N–H and O–H groups in total. The van der Waals surface area contributed by atoms with E-state index in [2.05, 4.69) is 111 Å². The Labute approximate surface area is 221 Å².